The fraction of sp³-hybridized carbons (Fsp3) is 0.578. The first-order valence-electron chi connectivity index (χ1n) is 20.9. The number of nitrogens with zero attached hydrogens (tertiary/aromatic N) is 5. The predicted molar refractivity (Wildman–Crippen MR) is 216 cm³/mol. The van der Waals surface area contributed by atoms with E-state index in [2.05, 4.69) is 15.8 Å². The van der Waals surface area contributed by atoms with Crippen LogP contribution in [0.5, 0.6) is 17.6 Å². The van der Waals surface area contributed by atoms with Gasteiger partial charge in [-0.25, -0.2) is 13.8 Å². The van der Waals surface area contributed by atoms with Crippen molar-refractivity contribution in [2.24, 2.45) is 10.8 Å². The number of pyridine rings is 1. The lowest BCUT2D eigenvalue weighted by Gasteiger charge is -2.52. The topological polar surface area (TPSA) is 123 Å². The second-order valence-corrected chi connectivity index (χ2v) is 17.7. The highest BCUT2D eigenvalue weighted by Crippen LogP contribution is 2.52. The van der Waals surface area contributed by atoms with Gasteiger partial charge in [-0.15, -0.1) is 6.42 Å². The number of ether oxygens (including phenoxy) is 4. The number of anilines is 1. The lowest BCUT2D eigenvalue weighted by atomic mass is 9.66. The maximum atomic E-state index is 17.4. The van der Waals surface area contributed by atoms with Crippen LogP contribution in [0.1, 0.15) is 83.1 Å². The molecule has 2 aromatic carbocycles. The number of aromatic nitrogens is 3. The molecule has 4 aromatic rings. The average molecular weight is 798 g/mol. The first-order valence-corrected chi connectivity index (χ1v) is 20.9. The quantitative estimate of drug-likeness (QED) is 0.185. The van der Waals surface area contributed by atoms with E-state index in [1.54, 1.807) is 6.92 Å². The number of hydrogen-bond acceptors (Lipinski definition) is 11. The Bertz CT molecular complexity index is 2250. The molecule has 9 rings (SSSR count). The molecular weight excluding hydrogens is 745 g/mol. The lowest BCUT2D eigenvalue weighted by molar-refractivity contribution is -0.0574. The van der Waals surface area contributed by atoms with E-state index in [1.807, 2.05) is 4.90 Å². The van der Waals surface area contributed by atoms with Gasteiger partial charge in [-0.3, -0.25) is 4.90 Å². The molecule has 3 aliphatic heterocycles. The largest absolute Gasteiger partial charge is 0.508 e. The molecule has 0 bridgehead atoms. The minimum atomic E-state index is -1.24. The molecule has 3 atom stereocenters. The van der Waals surface area contributed by atoms with Crippen molar-refractivity contribution in [1.82, 2.24) is 19.9 Å². The van der Waals surface area contributed by atoms with Gasteiger partial charge in [0.15, 0.2) is 5.82 Å². The van der Waals surface area contributed by atoms with Gasteiger partial charge in [-0.05, 0) is 107 Å². The van der Waals surface area contributed by atoms with E-state index >= 15 is 8.78 Å². The summed E-state index contributed by atoms with van der Waals surface area (Å²) in [4.78, 5) is 18.9. The number of methoxy groups -OCH3 is 1. The van der Waals surface area contributed by atoms with Crippen molar-refractivity contribution in [2.45, 2.75) is 95.2 Å². The highest BCUT2D eigenvalue weighted by molar-refractivity contribution is 6.04. The molecule has 2 aliphatic carbocycles. The standard InChI is InChI=1S/C45H53F2N5O6/c1-4-31-33(46)9-8-28-23-30(53)24-32(35(28)31)38-37(47)39-36(41(48-38)55-3)40(51-19-22-57-26-43(2,54)25-51)50-42(49-39)58-27-45-12-5-7-34(45)52(18-6-13-45)29-10-14-44(15-11-29)16-20-56-21-17-44/h1,8-9,23-24,29,34,53-54H,5-7,10-22,25-27H2,2-3H3. The summed E-state index contributed by atoms with van der Waals surface area (Å²) in [6.45, 7) is 5.79. The monoisotopic (exact) mass is 797 g/mol. The number of aliphatic hydroxyl groups is 1. The fourth-order valence-corrected chi connectivity index (χ4v) is 11.1. The van der Waals surface area contributed by atoms with Gasteiger partial charge >= 0.3 is 6.01 Å². The van der Waals surface area contributed by atoms with Crippen LogP contribution in [0, 0.1) is 34.8 Å². The maximum absolute atomic E-state index is 17.4. The number of terminal acetylenes is 1. The van der Waals surface area contributed by atoms with Gasteiger partial charge in [0.2, 0.25) is 5.88 Å². The van der Waals surface area contributed by atoms with Crippen LogP contribution in [0.15, 0.2) is 24.3 Å². The zero-order valence-corrected chi connectivity index (χ0v) is 33.5. The molecule has 58 heavy (non-hydrogen) atoms. The molecule has 13 heteroatoms. The molecular formula is C45H53F2N5O6. The molecule has 5 fully saturated rings. The van der Waals surface area contributed by atoms with Crippen molar-refractivity contribution >= 4 is 27.5 Å². The molecule has 0 amide bonds. The minimum absolute atomic E-state index is 0.000277. The van der Waals surface area contributed by atoms with E-state index in [-0.39, 0.29) is 75.1 Å². The van der Waals surface area contributed by atoms with E-state index in [0.717, 1.165) is 51.9 Å². The van der Waals surface area contributed by atoms with Gasteiger partial charge in [0.05, 0.1) is 39.0 Å². The molecule has 2 N–H and O–H groups in total. The van der Waals surface area contributed by atoms with Gasteiger partial charge in [0, 0.05) is 48.2 Å². The zero-order chi connectivity index (χ0) is 40.2. The molecule has 3 saturated heterocycles. The summed E-state index contributed by atoms with van der Waals surface area (Å²) in [5.74, 6) is 0.991. The van der Waals surface area contributed by atoms with Crippen LogP contribution in [0.3, 0.4) is 0 Å². The molecule has 2 saturated carbocycles. The number of aromatic hydroxyl groups is 1. The molecule has 11 nitrogen and oxygen atoms in total. The average Bonchev–Trinajstić information content (AvgIpc) is 3.57. The maximum Gasteiger partial charge on any atom is 0.319 e. The third-order valence-corrected chi connectivity index (χ3v) is 14.0. The van der Waals surface area contributed by atoms with Crippen LogP contribution in [0.25, 0.3) is 32.9 Å². The SMILES string of the molecule is C#Cc1c(F)ccc2cc(O)cc(-c3nc(OC)c4c(N5CCOCC(C)(O)C5)nc(OCC56CCCC5N(C5CCC7(CCOCC7)CC5)CCC6)nc4c3F)c12. The lowest BCUT2D eigenvalue weighted by Crippen LogP contribution is -2.56. The van der Waals surface area contributed by atoms with E-state index in [0.29, 0.717) is 42.6 Å². The number of rotatable bonds is 7. The van der Waals surface area contributed by atoms with Gasteiger partial charge in [0.1, 0.15) is 39.6 Å². The summed E-state index contributed by atoms with van der Waals surface area (Å²) in [6, 6.07) is 6.38. The van der Waals surface area contributed by atoms with Crippen LogP contribution in [-0.2, 0) is 9.47 Å². The summed E-state index contributed by atoms with van der Waals surface area (Å²) in [6.07, 6.45) is 18.5. The van der Waals surface area contributed by atoms with Gasteiger partial charge in [-0.2, -0.15) is 9.97 Å². The fourth-order valence-electron chi connectivity index (χ4n) is 11.1. The second kappa shape index (κ2) is 15.4. The minimum Gasteiger partial charge on any atom is -0.508 e. The normalized spacial score (nSPS) is 26.8. The van der Waals surface area contributed by atoms with Crippen LogP contribution in [0.4, 0.5) is 14.6 Å². The molecule has 308 valence electrons. The number of hydrogen-bond donors (Lipinski definition) is 2. The Labute approximate surface area is 338 Å². The Kier molecular flexibility index (Phi) is 10.4. The number of piperidine rings is 1. The molecule has 2 aromatic heterocycles. The zero-order valence-electron chi connectivity index (χ0n) is 33.5. The van der Waals surface area contributed by atoms with Crippen LogP contribution >= 0.6 is 0 Å². The van der Waals surface area contributed by atoms with Gasteiger partial charge < -0.3 is 34.1 Å². The first kappa shape index (κ1) is 39.1. The number of benzene rings is 2. The summed E-state index contributed by atoms with van der Waals surface area (Å²) < 4.78 is 56.5. The van der Waals surface area contributed by atoms with Gasteiger partial charge in [0.25, 0.3) is 0 Å². The summed E-state index contributed by atoms with van der Waals surface area (Å²) in [5, 5.41) is 22.8. The van der Waals surface area contributed by atoms with Crippen molar-refractivity contribution < 1.29 is 37.9 Å². The summed E-state index contributed by atoms with van der Waals surface area (Å²) in [5.41, 5.74) is -1.27. The Morgan fingerprint density at radius 2 is 1.74 bits per heavy atom. The van der Waals surface area contributed by atoms with E-state index in [1.165, 1.54) is 69.9 Å². The van der Waals surface area contributed by atoms with Gasteiger partial charge in [-0.1, -0.05) is 18.4 Å². The van der Waals surface area contributed by atoms with Crippen LogP contribution in [-0.4, -0.2) is 108 Å². The Morgan fingerprint density at radius 3 is 2.52 bits per heavy atom. The Balaban J connectivity index is 1.11. The molecule has 5 heterocycles. The van der Waals surface area contributed by atoms with Crippen molar-refractivity contribution in [3.05, 3.63) is 41.5 Å². The van der Waals surface area contributed by atoms with Crippen molar-refractivity contribution in [1.29, 1.82) is 0 Å². The number of β-amino-alcohol motifs (C(OH)–C–C–N with tert-alkyl or cyclic N) is 1. The number of phenols is 1. The number of halogens is 2. The highest BCUT2D eigenvalue weighted by atomic mass is 19.1. The second-order valence-electron chi connectivity index (χ2n) is 17.7. The van der Waals surface area contributed by atoms with Crippen molar-refractivity contribution in [3.63, 3.8) is 0 Å². The number of fused-ring (bicyclic) bond motifs is 3. The summed E-state index contributed by atoms with van der Waals surface area (Å²) >= 11 is 0. The van der Waals surface area contributed by atoms with E-state index < -0.39 is 17.2 Å². The number of phenolic OH excluding ortho intramolecular Hbond substituents is 1. The molecule has 3 unspecified atom stereocenters. The smallest absolute Gasteiger partial charge is 0.319 e. The Hall–Kier alpha value is -4.35. The molecule has 5 aliphatic rings. The van der Waals surface area contributed by atoms with E-state index in [9.17, 15) is 10.2 Å². The first-order chi connectivity index (χ1) is 28.0. The highest BCUT2D eigenvalue weighted by Gasteiger charge is 2.51. The Morgan fingerprint density at radius 1 is 0.948 bits per heavy atom. The predicted octanol–water partition coefficient (Wildman–Crippen LogP) is 7.16. The van der Waals surface area contributed by atoms with Crippen LogP contribution in [0.2, 0.25) is 0 Å². The summed E-state index contributed by atoms with van der Waals surface area (Å²) in [7, 11) is 1.41. The number of likely N-dealkylation sites (tertiary alicyclic amines) is 1. The third kappa shape index (κ3) is 6.99. The van der Waals surface area contributed by atoms with E-state index in [4.69, 9.17) is 35.3 Å². The third-order valence-electron chi connectivity index (χ3n) is 14.0. The molecule has 0 radical (unpaired) electrons. The van der Waals surface area contributed by atoms with Crippen LogP contribution < -0.4 is 14.4 Å². The van der Waals surface area contributed by atoms with Crippen molar-refractivity contribution in [2.75, 3.05) is 64.7 Å². The molecule has 1 spiro atoms. The van der Waals surface area contributed by atoms with Crippen molar-refractivity contribution in [3.8, 4) is 41.2 Å².